The van der Waals surface area contributed by atoms with Crippen molar-refractivity contribution in [2.45, 2.75) is 25.8 Å². The van der Waals surface area contributed by atoms with Gasteiger partial charge in [0, 0.05) is 51.1 Å². The molecule has 3 rings (SSSR count). The molecule has 1 aromatic carbocycles. The van der Waals surface area contributed by atoms with Crippen molar-refractivity contribution >= 4 is 11.8 Å². The summed E-state index contributed by atoms with van der Waals surface area (Å²) in [4.78, 5) is 28.5. The fourth-order valence-electron chi connectivity index (χ4n) is 3.86. The minimum atomic E-state index is -0.0109. The zero-order chi connectivity index (χ0) is 17.8. The van der Waals surface area contributed by atoms with E-state index in [0.29, 0.717) is 19.6 Å². The zero-order valence-electron chi connectivity index (χ0n) is 15.0. The number of carbonyl (C=O) groups is 2. The molecule has 2 heterocycles. The van der Waals surface area contributed by atoms with E-state index in [4.69, 9.17) is 4.74 Å². The Kier molecular flexibility index (Phi) is 5.58. The molecule has 0 saturated carbocycles. The maximum Gasteiger partial charge on any atom is 0.226 e. The lowest BCUT2D eigenvalue weighted by atomic mass is 9.93. The molecule has 1 aromatic rings. The molecule has 0 aromatic heterocycles. The number of likely N-dealkylation sites (tertiary alicyclic amines) is 1. The average Bonchev–Trinajstić information content (AvgIpc) is 2.67. The highest BCUT2D eigenvalue weighted by Crippen LogP contribution is 2.32. The van der Waals surface area contributed by atoms with Crippen molar-refractivity contribution in [1.29, 1.82) is 0 Å². The number of nitrogens with one attached hydrogen (secondary N) is 1. The third kappa shape index (κ3) is 3.79. The van der Waals surface area contributed by atoms with Gasteiger partial charge >= 0.3 is 0 Å². The molecule has 0 bridgehead atoms. The van der Waals surface area contributed by atoms with Crippen molar-refractivity contribution in [3.05, 3.63) is 29.8 Å². The van der Waals surface area contributed by atoms with E-state index < -0.39 is 0 Å². The summed E-state index contributed by atoms with van der Waals surface area (Å²) >= 11 is 0. The van der Waals surface area contributed by atoms with Crippen molar-refractivity contribution in [2.75, 3.05) is 39.8 Å². The number of piperidine rings is 1. The molecule has 2 saturated heterocycles. The number of piperazine rings is 1. The van der Waals surface area contributed by atoms with Crippen molar-refractivity contribution in [1.82, 2.24) is 15.1 Å². The van der Waals surface area contributed by atoms with Gasteiger partial charge in [-0.2, -0.15) is 0 Å². The number of para-hydroxylation sites is 1. The number of ether oxygens (including phenoxy) is 1. The number of methoxy groups -OCH3 is 1. The number of amides is 2. The minimum Gasteiger partial charge on any atom is -0.496 e. The number of hydrogen-bond acceptors (Lipinski definition) is 4. The predicted molar refractivity (Wildman–Crippen MR) is 95.3 cm³/mol. The zero-order valence-corrected chi connectivity index (χ0v) is 15.0. The van der Waals surface area contributed by atoms with Gasteiger partial charge in [-0.25, -0.2) is 0 Å². The van der Waals surface area contributed by atoms with E-state index >= 15 is 0 Å². The van der Waals surface area contributed by atoms with Crippen LogP contribution in [0.4, 0.5) is 0 Å². The molecule has 0 radical (unpaired) electrons. The van der Waals surface area contributed by atoms with Gasteiger partial charge < -0.3 is 19.9 Å². The highest BCUT2D eigenvalue weighted by molar-refractivity contribution is 5.80. The minimum absolute atomic E-state index is 0.00547. The molecular weight excluding hydrogens is 318 g/mol. The van der Waals surface area contributed by atoms with Gasteiger partial charge in [-0.3, -0.25) is 9.59 Å². The average molecular weight is 345 g/mol. The van der Waals surface area contributed by atoms with Crippen LogP contribution in [-0.4, -0.2) is 61.4 Å². The van der Waals surface area contributed by atoms with Crippen LogP contribution in [0.2, 0.25) is 0 Å². The van der Waals surface area contributed by atoms with Gasteiger partial charge in [-0.05, 0) is 18.9 Å². The second kappa shape index (κ2) is 7.87. The topological polar surface area (TPSA) is 61.9 Å². The largest absolute Gasteiger partial charge is 0.496 e. The second-order valence-corrected chi connectivity index (χ2v) is 6.77. The molecular formula is C19H27N3O3. The number of rotatable bonds is 3. The first kappa shape index (κ1) is 17.7. The molecule has 1 atom stereocenters. The van der Waals surface area contributed by atoms with Gasteiger partial charge in [0.25, 0.3) is 0 Å². The first-order valence-electron chi connectivity index (χ1n) is 9.01. The highest BCUT2D eigenvalue weighted by Gasteiger charge is 2.35. The van der Waals surface area contributed by atoms with Gasteiger partial charge in [0.05, 0.1) is 13.2 Å². The Morgan fingerprint density at radius 2 is 1.88 bits per heavy atom. The highest BCUT2D eigenvalue weighted by atomic mass is 16.5. The van der Waals surface area contributed by atoms with Crippen molar-refractivity contribution < 1.29 is 14.3 Å². The van der Waals surface area contributed by atoms with Gasteiger partial charge in [-0.15, -0.1) is 0 Å². The third-order valence-corrected chi connectivity index (χ3v) is 5.31. The monoisotopic (exact) mass is 345 g/mol. The Morgan fingerprint density at radius 1 is 1.16 bits per heavy atom. The standard InChI is InChI=1S/C19H27N3O3/c1-14(23)21-10-7-15(8-11-21)19(24)22-12-9-20-13-17(22)16-5-3-4-6-18(16)25-2/h3-6,15,17,20H,7-13H2,1-2H3. The van der Waals surface area contributed by atoms with Crippen molar-refractivity contribution in [3.63, 3.8) is 0 Å². The summed E-state index contributed by atoms with van der Waals surface area (Å²) in [5.74, 6) is 1.13. The van der Waals surface area contributed by atoms with Crippen LogP contribution in [0.1, 0.15) is 31.4 Å². The van der Waals surface area contributed by atoms with Crippen LogP contribution in [-0.2, 0) is 9.59 Å². The second-order valence-electron chi connectivity index (χ2n) is 6.77. The fourth-order valence-corrected chi connectivity index (χ4v) is 3.86. The summed E-state index contributed by atoms with van der Waals surface area (Å²) in [6.07, 6.45) is 1.50. The van der Waals surface area contributed by atoms with E-state index in [9.17, 15) is 9.59 Å². The van der Waals surface area contributed by atoms with Crippen LogP contribution in [0.5, 0.6) is 5.75 Å². The maximum atomic E-state index is 13.2. The SMILES string of the molecule is COc1ccccc1C1CNCCN1C(=O)C1CCN(C(C)=O)CC1. The Balaban J connectivity index is 1.75. The number of benzene rings is 1. The number of hydrogen-bond donors (Lipinski definition) is 1. The smallest absolute Gasteiger partial charge is 0.226 e. The lowest BCUT2D eigenvalue weighted by Gasteiger charge is -2.40. The van der Waals surface area contributed by atoms with Crippen LogP contribution in [0.25, 0.3) is 0 Å². The number of carbonyl (C=O) groups excluding carboxylic acids is 2. The maximum absolute atomic E-state index is 13.2. The molecule has 6 heteroatoms. The van der Waals surface area contributed by atoms with E-state index in [2.05, 4.69) is 5.32 Å². The Hall–Kier alpha value is -2.08. The summed E-state index contributed by atoms with van der Waals surface area (Å²) in [5.41, 5.74) is 1.05. The molecule has 2 aliphatic heterocycles. The van der Waals surface area contributed by atoms with E-state index in [0.717, 1.165) is 37.2 Å². The van der Waals surface area contributed by atoms with Crippen molar-refractivity contribution in [3.8, 4) is 5.75 Å². The lowest BCUT2D eigenvalue weighted by Crippen LogP contribution is -2.52. The fraction of sp³-hybridized carbons (Fsp3) is 0.579. The summed E-state index contributed by atoms with van der Waals surface area (Å²) in [5, 5.41) is 3.39. The summed E-state index contributed by atoms with van der Waals surface area (Å²) in [6.45, 7) is 5.20. The van der Waals surface area contributed by atoms with Crippen LogP contribution in [0.15, 0.2) is 24.3 Å². The van der Waals surface area contributed by atoms with Crippen LogP contribution >= 0.6 is 0 Å². The predicted octanol–water partition coefficient (Wildman–Crippen LogP) is 1.43. The third-order valence-electron chi connectivity index (χ3n) is 5.31. The van der Waals surface area contributed by atoms with Gasteiger partial charge in [0.2, 0.25) is 11.8 Å². The van der Waals surface area contributed by atoms with Gasteiger partial charge in [0.1, 0.15) is 5.75 Å². The van der Waals surface area contributed by atoms with Crippen LogP contribution in [0.3, 0.4) is 0 Å². The van der Waals surface area contributed by atoms with Gasteiger partial charge in [-0.1, -0.05) is 18.2 Å². The number of nitrogens with zero attached hydrogens (tertiary/aromatic N) is 2. The molecule has 2 fully saturated rings. The Bertz CT molecular complexity index is 626. The molecule has 1 unspecified atom stereocenters. The van der Waals surface area contributed by atoms with E-state index in [1.165, 1.54) is 0 Å². The molecule has 2 aliphatic rings. The van der Waals surface area contributed by atoms with Crippen molar-refractivity contribution in [2.24, 2.45) is 5.92 Å². The summed E-state index contributed by atoms with van der Waals surface area (Å²) < 4.78 is 5.50. The van der Waals surface area contributed by atoms with E-state index in [1.54, 1.807) is 14.0 Å². The molecule has 1 N–H and O–H groups in total. The van der Waals surface area contributed by atoms with E-state index in [1.807, 2.05) is 34.1 Å². The molecule has 136 valence electrons. The summed E-state index contributed by atoms with van der Waals surface area (Å²) in [7, 11) is 1.67. The Morgan fingerprint density at radius 3 is 2.56 bits per heavy atom. The first-order chi connectivity index (χ1) is 12.1. The molecule has 0 spiro atoms. The van der Waals surface area contributed by atoms with E-state index in [-0.39, 0.29) is 23.8 Å². The Labute approximate surface area is 149 Å². The first-order valence-corrected chi connectivity index (χ1v) is 9.01. The quantitative estimate of drug-likeness (QED) is 0.900. The molecule has 0 aliphatic carbocycles. The van der Waals surface area contributed by atoms with Crippen LogP contribution < -0.4 is 10.1 Å². The molecule has 2 amide bonds. The molecule has 25 heavy (non-hydrogen) atoms. The normalized spacial score (nSPS) is 21.9. The lowest BCUT2D eigenvalue weighted by molar-refractivity contribution is -0.142. The summed E-state index contributed by atoms with van der Waals surface area (Å²) in [6, 6.07) is 7.90. The van der Waals surface area contributed by atoms with Gasteiger partial charge in [0.15, 0.2) is 0 Å². The van der Waals surface area contributed by atoms with Crippen LogP contribution in [0, 0.1) is 5.92 Å². The molecule has 6 nitrogen and oxygen atoms in total.